The van der Waals surface area contributed by atoms with Crippen molar-refractivity contribution in [1.82, 2.24) is 0 Å². The van der Waals surface area contributed by atoms with Crippen LogP contribution in [0.15, 0.2) is 36.4 Å². The molecule has 0 bridgehead atoms. The zero-order valence-corrected chi connectivity index (χ0v) is 18.1. The highest BCUT2D eigenvalue weighted by Gasteiger charge is 2.32. The Bertz CT molecular complexity index is 996. The Morgan fingerprint density at radius 2 is 1.80 bits per heavy atom. The fraction of sp³-hybridized carbons (Fsp3) is 0.318. The van der Waals surface area contributed by atoms with E-state index in [2.05, 4.69) is 5.32 Å². The van der Waals surface area contributed by atoms with E-state index in [-0.39, 0.29) is 18.6 Å². The molecule has 3 rings (SSSR count). The lowest BCUT2D eigenvalue weighted by molar-refractivity contribution is -0.313. The highest BCUT2D eigenvalue weighted by molar-refractivity contribution is 7.17. The number of carboxylic acid groups (broad SMARTS) is 1. The van der Waals surface area contributed by atoms with Gasteiger partial charge in [0.2, 0.25) is 5.91 Å². The smallest absolute Gasteiger partial charge is 0.341 e. The minimum absolute atomic E-state index is 0.182. The van der Waals surface area contributed by atoms with Gasteiger partial charge in [-0.05, 0) is 44.4 Å². The molecule has 1 aliphatic carbocycles. The number of ether oxygens (including phenoxy) is 1. The lowest BCUT2D eigenvalue weighted by atomic mass is 9.82. The van der Waals surface area contributed by atoms with E-state index in [1.165, 1.54) is 11.3 Å². The van der Waals surface area contributed by atoms with Crippen LogP contribution >= 0.6 is 22.9 Å². The fourth-order valence-corrected chi connectivity index (χ4v) is 4.76. The second-order valence-corrected chi connectivity index (χ2v) is 8.59. The molecule has 0 aliphatic heterocycles. The van der Waals surface area contributed by atoms with E-state index in [1.807, 2.05) is 6.92 Å². The third kappa shape index (κ3) is 4.57. The molecule has 1 heterocycles. The van der Waals surface area contributed by atoms with Crippen molar-refractivity contribution < 1.29 is 24.2 Å². The van der Waals surface area contributed by atoms with Gasteiger partial charge < -0.3 is 20.0 Å². The first-order valence-electron chi connectivity index (χ1n) is 9.56. The van der Waals surface area contributed by atoms with Crippen molar-refractivity contribution in [3.63, 3.8) is 0 Å². The van der Waals surface area contributed by atoms with Gasteiger partial charge in [-0.25, -0.2) is 4.79 Å². The molecule has 6 nitrogen and oxygen atoms in total. The van der Waals surface area contributed by atoms with Crippen LogP contribution < -0.4 is 10.4 Å². The van der Waals surface area contributed by atoms with Gasteiger partial charge in [-0.3, -0.25) is 4.79 Å². The molecule has 2 aromatic rings. The average molecular weight is 447 g/mol. The first-order chi connectivity index (χ1) is 14.3. The molecule has 2 atom stereocenters. The minimum Gasteiger partial charge on any atom is -0.550 e. The van der Waals surface area contributed by atoms with Crippen LogP contribution in [0.1, 0.15) is 35.0 Å². The largest absolute Gasteiger partial charge is 0.550 e. The summed E-state index contributed by atoms with van der Waals surface area (Å²) in [4.78, 5) is 37.9. The Morgan fingerprint density at radius 3 is 2.40 bits per heavy atom. The van der Waals surface area contributed by atoms with Gasteiger partial charge >= 0.3 is 5.97 Å². The molecule has 1 aromatic carbocycles. The molecular weight excluding hydrogens is 426 g/mol. The number of amides is 1. The number of carbonyl (C=O) groups is 3. The van der Waals surface area contributed by atoms with Crippen LogP contribution in [0.5, 0.6) is 0 Å². The lowest BCUT2D eigenvalue weighted by Gasteiger charge is -2.28. The summed E-state index contributed by atoms with van der Waals surface area (Å²) in [6.07, 6.45) is 4.06. The number of hydrogen-bond acceptors (Lipinski definition) is 6. The third-order valence-electron chi connectivity index (χ3n) is 5.01. The molecule has 0 radical (unpaired) electrons. The van der Waals surface area contributed by atoms with E-state index >= 15 is 0 Å². The number of esters is 1. The van der Waals surface area contributed by atoms with Gasteiger partial charge in [-0.2, -0.15) is 0 Å². The zero-order valence-electron chi connectivity index (χ0n) is 16.6. The molecule has 30 heavy (non-hydrogen) atoms. The van der Waals surface area contributed by atoms with Gasteiger partial charge in [0.1, 0.15) is 10.6 Å². The summed E-state index contributed by atoms with van der Waals surface area (Å²) in [6.45, 7) is 3.73. The van der Waals surface area contributed by atoms with Crippen LogP contribution in [-0.4, -0.2) is 24.5 Å². The SMILES string of the molecule is CCOC(=O)c1c(NC(=O)C2CC=CCC2C(=O)[O-])sc(C)c1-c1ccc(Cl)cc1. The van der Waals surface area contributed by atoms with Crippen LogP contribution in [0, 0.1) is 18.8 Å². The minimum atomic E-state index is -1.26. The number of carboxylic acids is 1. The lowest BCUT2D eigenvalue weighted by Crippen LogP contribution is -2.41. The van der Waals surface area contributed by atoms with E-state index in [4.69, 9.17) is 16.3 Å². The van der Waals surface area contributed by atoms with Crippen LogP contribution in [0.25, 0.3) is 11.1 Å². The molecule has 1 aromatic heterocycles. The molecule has 0 spiro atoms. The van der Waals surface area contributed by atoms with E-state index in [0.717, 1.165) is 10.4 Å². The predicted molar refractivity (Wildman–Crippen MR) is 114 cm³/mol. The Hall–Kier alpha value is -2.64. The van der Waals surface area contributed by atoms with E-state index in [0.29, 0.717) is 22.0 Å². The molecule has 1 N–H and O–H groups in total. The summed E-state index contributed by atoms with van der Waals surface area (Å²) in [5, 5.41) is 15.1. The molecule has 8 heteroatoms. The molecule has 0 fully saturated rings. The van der Waals surface area contributed by atoms with Crippen LogP contribution in [0.3, 0.4) is 0 Å². The molecule has 1 amide bonds. The van der Waals surface area contributed by atoms with Crippen molar-refractivity contribution >= 4 is 45.8 Å². The van der Waals surface area contributed by atoms with Crippen molar-refractivity contribution in [2.75, 3.05) is 11.9 Å². The monoisotopic (exact) mass is 446 g/mol. The first kappa shape index (κ1) is 22.1. The number of carbonyl (C=O) groups excluding carboxylic acids is 3. The summed E-state index contributed by atoms with van der Waals surface area (Å²) < 4.78 is 5.23. The van der Waals surface area contributed by atoms with Crippen molar-refractivity contribution in [1.29, 1.82) is 0 Å². The first-order valence-corrected chi connectivity index (χ1v) is 10.8. The number of aliphatic carboxylic acids is 1. The normalized spacial score (nSPS) is 18.1. The van der Waals surface area contributed by atoms with Crippen LogP contribution in [0.2, 0.25) is 5.02 Å². The Labute approximate surface area is 183 Å². The summed E-state index contributed by atoms with van der Waals surface area (Å²) in [6, 6.07) is 7.04. The van der Waals surface area contributed by atoms with Crippen molar-refractivity contribution in [2.24, 2.45) is 11.8 Å². The number of rotatable bonds is 6. The summed E-state index contributed by atoms with van der Waals surface area (Å²) in [5.74, 6) is -3.94. The zero-order chi connectivity index (χ0) is 21.8. The van der Waals surface area contributed by atoms with E-state index < -0.39 is 29.7 Å². The second kappa shape index (κ2) is 9.45. The fourth-order valence-electron chi connectivity index (χ4n) is 3.56. The number of aryl methyl sites for hydroxylation is 1. The number of thiophene rings is 1. The molecule has 0 saturated heterocycles. The summed E-state index contributed by atoms with van der Waals surface area (Å²) in [5.41, 5.74) is 1.68. The maximum absolute atomic E-state index is 12.9. The van der Waals surface area contributed by atoms with Crippen molar-refractivity contribution in [3.05, 3.63) is 51.9 Å². The number of hydrogen-bond donors (Lipinski definition) is 1. The molecule has 158 valence electrons. The quantitative estimate of drug-likeness (QED) is 0.537. The van der Waals surface area contributed by atoms with E-state index in [9.17, 15) is 19.5 Å². The number of halogens is 1. The Balaban J connectivity index is 2.00. The van der Waals surface area contributed by atoms with Gasteiger partial charge in [0.15, 0.2) is 0 Å². The molecule has 2 unspecified atom stereocenters. The standard InChI is InChI=1S/C22H22ClNO5S/c1-3-29-22(28)18-17(13-8-10-14(23)11-9-13)12(2)30-20(18)24-19(25)15-6-4-5-7-16(15)21(26)27/h4-5,8-11,15-16H,3,6-7H2,1-2H3,(H,24,25)(H,26,27)/p-1. The van der Waals surface area contributed by atoms with Crippen molar-refractivity contribution in [3.8, 4) is 11.1 Å². The van der Waals surface area contributed by atoms with E-state index in [1.54, 1.807) is 43.3 Å². The average Bonchev–Trinajstić information content (AvgIpc) is 3.04. The second-order valence-electron chi connectivity index (χ2n) is 6.93. The topological polar surface area (TPSA) is 95.5 Å². The van der Waals surface area contributed by atoms with Gasteiger partial charge in [0, 0.05) is 27.4 Å². The predicted octanol–water partition coefficient (Wildman–Crippen LogP) is 3.82. The summed E-state index contributed by atoms with van der Waals surface area (Å²) in [7, 11) is 0. The molecule has 1 aliphatic rings. The maximum Gasteiger partial charge on any atom is 0.341 e. The van der Waals surface area contributed by atoms with Gasteiger partial charge in [0.25, 0.3) is 0 Å². The number of anilines is 1. The van der Waals surface area contributed by atoms with Gasteiger partial charge in [-0.15, -0.1) is 11.3 Å². The molecular formula is C22H21ClNO5S-. The highest BCUT2D eigenvalue weighted by Crippen LogP contribution is 2.41. The van der Waals surface area contributed by atoms with Gasteiger partial charge in [0.05, 0.1) is 12.5 Å². The van der Waals surface area contributed by atoms with Gasteiger partial charge in [-0.1, -0.05) is 35.9 Å². The number of nitrogens with one attached hydrogen (secondary N) is 1. The number of benzene rings is 1. The third-order valence-corrected chi connectivity index (χ3v) is 6.28. The molecule has 0 saturated carbocycles. The van der Waals surface area contributed by atoms with Crippen molar-refractivity contribution in [2.45, 2.75) is 26.7 Å². The van der Waals surface area contributed by atoms with Crippen LogP contribution in [0.4, 0.5) is 5.00 Å². The highest BCUT2D eigenvalue weighted by atomic mass is 35.5. The Morgan fingerprint density at radius 1 is 1.17 bits per heavy atom. The van der Waals surface area contributed by atoms with Crippen LogP contribution in [-0.2, 0) is 14.3 Å². The number of allylic oxidation sites excluding steroid dienone is 2. The maximum atomic E-state index is 12.9. The Kier molecular flexibility index (Phi) is 6.95. The summed E-state index contributed by atoms with van der Waals surface area (Å²) >= 11 is 7.23.